The van der Waals surface area contributed by atoms with Gasteiger partial charge >= 0.3 is 0 Å². The molecule has 1 amide bonds. The highest BCUT2D eigenvalue weighted by molar-refractivity contribution is 14.0. The molecule has 7 nitrogen and oxygen atoms in total. The molecule has 0 spiro atoms. The van der Waals surface area contributed by atoms with Crippen LogP contribution in [0.5, 0.6) is 0 Å². The lowest BCUT2D eigenvalue weighted by Gasteiger charge is -2.41. The quantitative estimate of drug-likeness (QED) is 0.213. The van der Waals surface area contributed by atoms with Crippen LogP contribution in [0.2, 0.25) is 0 Å². The minimum atomic E-state index is 0. The first kappa shape index (κ1) is 22.4. The van der Waals surface area contributed by atoms with Gasteiger partial charge in [0.05, 0.1) is 6.54 Å². The van der Waals surface area contributed by atoms with Gasteiger partial charge in [-0.05, 0) is 46.7 Å². The highest BCUT2D eigenvalue weighted by atomic mass is 127. The summed E-state index contributed by atoms with van der Waals surface area (Å²) in [4.78, 5) is 18.7. The molecule has 0 aromatic heterocycles. The maximum Gasteiger partial charge on any atom is 0.223 e. The molecule has 25 heavy (non-hydrogen) atoms. The molecule has 1 aliphatic heterocycles. The first-order chi connectivity index (χ1) is 11.6. The van der Waals surface area contributed by atoms with Crippen molar-refractivity contribution in [2.75, 3.05) is 53.5 Å². The molecule has 1 saturated carbocycles. The number of halogens is 1. The van der Waals surface area contributed by atoms with E-state index in [0.29, 0.717) is 13.1 Å². The van der Waals surface area contributed by atoms with Crippen molar-refractivity contribution in [3.05, 3.63) is 0 Å². The summed E-state index contributed by atoms with van der Waals surface area (Å²) in [5.41, 5.74) is 0.0702. The normalized spacial score (nSPS) is 19.9. The average molecular weight is 467 g/mol. The van der Waals surface area contributed by atoms with Crippen molar-refractivity contribution < 1.29 is 9.53 Å². The molecular formula is C17H34IN5O2. The van der Waals surface area contributed by atoms with Crippen LogP contribution >= 0.6 is 24.0 Å². The smallest absolute Gasteiger partial charge is 0.223 e. The standard InChI is InChI=1S/C17H33N5O2.HI/c1-4-18-16(20-10-9-19-15(23)14-5-6-14)21-13-17(22(2)3)7-11-24-12-8-17;/h14H,4-13H2,1-3H3,(H,19,23)(H2,18,20,21);1H. The van der Waals surface area contributed by atoms with Crippen LogP contribution in [0, 0.1) is 5.92 Å². The van der Waals surface area contributed by atoms with E-state index < -0.39 is 0 Å². The molecule has 2 rings (SSSR count). The summed E-state index contributed by atoms with van der Waals surface area (Å²) in [5, 5.41) is 9.55. The molecule has 1 saturated heterocycles. The summed E-state index contributed by atoms with van der Waals surface area (Å²) in [6.07, 6.45) is 4.08. The van der Waals surface area contributed by atoms with Crippen molar-refractivity contribution in [3.63, 3.8) is 0 Å². The lowest BCUT2D eigenvalue weighted by molar-refractivity contribution is -0.122. The second kappa shape index (κ2) is 11.2. The summed E-state index contributed by atoms with van der Waals surface area (Å²) in [7, 11) is 4.24. The van der Waals surface area contributed by atoms with Crippen LogP contribution < -0.4 is 16.0 Å². The molecule has 0 aromatic rings. The zero-order chi connectivity index (χ0) is 17.4. The summed E-state index contributed by atoms with van der Waals surface area (Å²) < 4.78 is 5.51. The Labute approximate surface area is 168 Å². The van der Waals surface area contributed by atoms with E-state index in [2.05, 4.69) is 41.9 Å². The van der Waals surface area contributed by atoms with Gasteiger partial charge in [-0.15, -0.1) is 24.0 Å². The summed E-state index contributed by atoms with van der Waals surface area (Å²) in [5.74, 6) is 1.26. The number of hydrogen-bond acceptors (Lipinski definition) is 4. The molecule has 0 radical (unpaired) electrons. The number of carbonyl (C=O) groups excluding carboxylic acids is 1. The molecule has 2 fully saturated rings. The van der Waals surface area contributed by atoms with Crippen molar-refractivity contribution in [3.8, 4) is 0 Å². The van der Waals surface area contributed by atoms with Crippen molar-refractivity contribution >= 4 is 35.8 Å². The van der Waals surface area contributed by atoms with Crippen LogP contribution in [0.15, 0.2) is 4.99 Å². The minimum absolute atomic E-state index is 0. The molecule has 1 aliphatic carbocycles. The van der Waals surface area contributed by atoms with Gasteiger partial charge in [0.25, 0.3) is 0 Å². The van der Waals surface area contributed by atoms with E-state index >= 15 is 0 Å². The monoisotopic (exact) mass is 467 g/mol. The average Bonchev–Trinajstić information content (AvgIpc) is 3.42. The number of rotatable bonds is 8. The zero-order valence-electron chi connectivity index (χ0n) is 15.8. The molecule has 0 unspecified atom stereocenters. The van der Waals surface area contributed by atoms with Crippen LogP contribution in [0.1, 0.15) is 32.6 Å². The maximum atomic E-state index is 11.6. The molecule has 146 valence electrons. The number of likely N-dealkylation sites (N-methyl/N-ethyl adjacent to an activating group) is 1. The molecule has 0 bridgehead atoms. The van der Waals surface area contributed by atoms with Crippen molar-refractivity contribution in [1.82, 2.24) is 20.9 Å². The van der Waals surface area contributed by atoms with E-state index in [4.69, 9.17) is 9.73 Å². The minimum Gasteiger partial charge on any atom is -0.381 e. The Morgan fingerprint density at radius 2 is 1.80 bits per heavy atom. The van der Waals surface area contributed by atoms with Crippen LogP contribution in [0.25, 0.3) is 0 Å². The second-order valence-corrected chi connectivity index (χ2v) is 6.92. The Morgan fingerprint density at radius 1 is 1.16 bits per heavy atom. The van der Waals surface area contributed by atoms with E-state index in [-0.39, 0.29) is 41.3 Å². The first-order valence-electron chi connectivity index (χ1n) is 9.12. The number of nitrogens with zero attached hydrogens (tertiary/aromatic N) is 2. The van der Waals surface area contributed by atoms with Gasteiger partial charge in [-0.25, -0.2) is 0 Å². The lowest BCUT2D eigenvalue weighted by atomic mass is 9.89. The predicted octanol–water partition coefficient (Wildman–Crippen LogP) is 0.797. The van der Waals surface area contributed by atoms with E-state index in [1.807, 2.05) is 0 Å². The van der Waals surface area contributed by atoms with E-state index in [0.717, 1.165) is 57.9 Å². The fraction of sp³-hybridized carbons (Fsp3) is 0.882. The Kier molecular flexibility index (Phi) is 10.0. The number of nitrogens with one attached hydrogen (secondary N) is 3. The van der Waals surface area contributed by atoms with Crippen molar-refractivity contribution in [1.29, 1.82) is 0 Å². The number of carbonyl (C=O) groups is 1. The second-order valence-electron chi connectivity index (χ2n) is 6.92. The van der Waals surface area contributed by atoms with Crippen LogP contribution in [0.3, 0.4) is 0 Å². The van der Waals surface area contributed by atoms with Gasteiger partial charge in [-0.3, -0.25) is 9.79 Å². The molecule has 1 heterocycles. The highest BCUT2D eigenvalue weighted by Gasteiger charge is 2.34. The van der Waals surface area contributed by atoms with Crippen LogP contribution in [0.4, 0.5) is 0 Å². The largest absolute Gasteiger partial charge is 0.381 e. The van der Waals surface area contributed by atoms with Gasteiger partial charge in [-0.2, -0.15) is 0 Å². The van der Waals surface area contributed by atoms with Gasteiger partial charge in [-0.1, -0.05) is 0 Å². The van der Waals surface area contributed by atoms with E-state index in [1.54, 1.807) is 0 Å². The Bertz CT molecular complexity index is 435. The third kappa shape index (κ3) is 7.26. The van der Waals surface area contributed by atoms with E-state index in [9.17, 15) is 4.79 Å². The molecule has 0 atom stereocenters. The molecule has 3 N–H and O–H groups in total. The summed E-state index contributed by atoms with van der Waals surface area (Å²) in [6, 6.07) is 0. The van der Waals surface area contributed by atoms with Crippen molar-refractivity contribution in [2.45, 2.75) is 38.1 Å². The number of aliphatic imine (C=N–C) groups is 1. The van der Waals surface area contributed by atoms with Gasteiger partial charge < -0.3 is 25.6 Å². The SMILES string of the molecule is CCNC(=NCC1(N(C)C)CCOCC1)NCCNC(=O)C1CC1.I. The first-order valence-corrected chi connectivity index (χ1v) is 9.12. The topological polar surface area (TPSA) is 78.0 Å². The molecule has 8 heteroatoms. The Morgan fingerprint density at radius 3 is 2.36 bits per heavy atom. The molecular weight excluding hydrogens is 433 g/mol. The molecule has 2 aliphatic rings. The Balaban J connectivity index is 0.00000312. The third-order valence-corrected chi connectivity index (χ3v) is 4.91. The van der Waals surface area contributed by atoms with Crippen LogP contribution in [-0.2, 0) is 9.53 Å². The third-order valence-electron chi connectivity index (χ3n) is 4.91. The van der Waals surface area contributed by atoms with E-state index in [1.165, 1.54) is 0 Å². The highest BCUT2D eigenvalue weighted by Crippen LogP contribution is 2.28. The fourth-order valence-corrected chi connectivity index (χ4v) is 2.92. The fourth-order valence-electron chi connectivity index (χ4n) is 2.92. The number of amides is 1. The zero-order valence-corrected chi connectivity index (χ0v) is 18.1. The van der Waals surface area contributed by atoms with Crippen molar-refractivity contribution in [2.24, 2.45) is 10.9 Å². The maximum absolute atomic E-state index is 11.6. The number of guanidine groups is 1. The predicted molar refractivity (Wildman–Crippen MR) is 112 cm³/mol. The lowest BCUT2D eigenvalue weighted by Crippen LogP contribution is -2.52. The number of hydrogen-bond donors (Lipinski definition) is 3. The molecule has 0 aromatic carbocycles. The summed E-state index contributed by atoms with van der Waals surface area (Å²) in [6.45, 7) is 6.53. The number of ether oxygens (including phenoxy) is 1. The van der Waals surface area contributed by atoms with Gasteiger partial charge in [0, 0.05) is 44.3 Å². The summed E-state index contributed by atoms with van der Waals surface area (Å²) >= 11 is 0. The van der Waals surface area contributed by atoms with Gasteiger partial charge in [0.1, 0.15) is 0 Å². The van der Waals surface area contributed by atoms with Gasteiger partial charge in [0.15, 0.2) is 5.96 Å². The van der Waals surface area contributed by atoms with Gasteiger partial charge in [0.2, 0.25) is 5.91 Å². The Hall–Kier alpha value is -0.610. The van der Waals surface area contributed by atoms with Crippen LogP contribution in [-0.4, -0.2) is 75.8 Å².